The van der Waals surface area contributed by atoms with Crippen molar-refractivity contribution in [2.24, 2.45) is 5.73 Å². The summed E-state index contributed by atoms with van der Waals surface area (Å²) in [5, 5.41) is 8.05. The molecule has 0 atom stereocenters. The van der Waals surface area contributed by atoms with Gasteiger partial charge in [-0.2, -0.15) is 5.10 Å². The summed E-state index contributed by atoms with van der Waals surface area (Å²) in [5.74, 6) is 0.901. The highest BCUT2D eigenvalue weighted by molar-refractivity contribution is 5.95. The molecule has 11 heteroatoms. The molecule has 47 heavy (non-hydrogen) atoms. The summed E-state index contributed by atoms with van der Waals surface area (Å²) in [6.45, 7) is 2.87. The number of nitrogens with two attached hydrogens (primary N) is 1. The Morgan fingerprint density at radius 3 is 2.34 bits per heavy atom. The lowest BCUT2D eigenvalue weighted by Crippen LogP contribution is -2.49. The van der Waals surface area contributed by atoms with Crippen molar-refractivity contribution < 1.29 is 9.18 Å². The number of carbonyl (C=O) groups is 1. The molecule has 4 N–H and O–H groups in total. The second-order valence-electron chi connectivity index (χ2n) is 12.4. The summed E-state index contributed by atoms with van der Waals surface area (Å²) < 4.78 is 15.0. The van der Waals surface area contributed by atoms with E-state index in [0.717, 1.165) is 53.9 Å². The fraction of sp³-hybridized carbons (Fsp3) is 0.417. The molecule has 0 aliphatic carbocycles. The van der Waals surface area contributed by atoms with E-state index in [9.17, 15) is 14.0 Å². The number of benzene rings is 2. The van der Waals surface area contributed by atoms with E-state index in [1.807, 2.05) is 24.3 Å². The van der Waals surface area contributed by atoms with Crippen molar-refractivity contribution in [3.05, 3.63) is 93.4 Å². The summed E-state index contributed by atoms with van der Waals surface area (Å²) in [6, 6.07) is 15.8. The summed E-state index contributed by atoms with van der Waals surface area (Å²) in [7, 11) is 0. The summed E-state index contributed by atoms with van der Waals surface area (Å²) >= 11 is 0. The number of amides is 1. The fourth-order valence-corrected chi connectivity index (χ4v) is 6.38. The predicted molar refractivity (Wildman–Crippen MR) is 183 cm³/mol. The number of H-pyrrole nitrogens is 2. The van der Waals surface area contributed by atoms with Crippen molar-refractivity contribution in [1.82, 2.24) is 30.0 Å². The molecule has 246 valence electrons. The molecule has 1 aliphatic rings. The lowest BCUT2D eigenvalue weighted by Gasteiger charge is -2.35. The first-order valence-corrected chi connectivity index (χ1v) is 16.8. The van der Waals surface area contributed by atoms with E-state index in [1.165, 1.54) is 44.6 Å². The van der Waals surface area contributed by atoms with Gasteiger partial charge in [0.05, 0.1) is 22.2 Å². The zero-order valence-electron chi connectivity index (χ0n) is 26.8. The summed E-state index contributed by atoms with van der Waals surface area (Å²) in [4.78, 5) is 42.5. The van der Waals surface area contributed by atoms with Crippen LogP contribution in [-0.2, 0) is 12.8 Å². The minimum Gasteiger partial charge on any atom is -0.353 e. The van der Waals surface area contributed by atoms with Crippen molar-refractivity contribution in [1.29, 1.82) is 0 Å². The van der Waals surface area contributed by atoms with Crippen molar-refractivity contribution in [3.8, 4) is 0 Å². The molecular weight excluding hydrogens is 595 g/mol. The van der Waals surface area contributed by atoms with Crippen LogP contribution in [0.25, 0.3) is 21.9 Å². The van der Waals surface area contributed by atoms with E-state index in [2.05, 4.69) is 20.1 Å². The number of rotatable bonds is 14. The monoisotopic (exact) mass is 638 g/mol. The lowest BCUT2D eigenvalue weighted by molar-refractivity contribution is 0.0741. The standard InChI is InChI=1S/C36H43FN8O2/c37-29-15-14-25(24-31-26-11-8-9-12-27(26)35(46)43-42-31)23-28(29)36(47)45-21-19-44(20-22-45)33-17-16-30-34(41-33)40-32(39-30)13-7-5-3-1-2-4-6-10-18-38/h8-9,11-12,14-17,23H,1-7,10,13,18-22,24,38H2,(H,43,46)(H,39,40,41). The molecule has 1 amide bonds. The van der Waals surface area contributed by atoms with E-state index in [1.54, 1.807) is 29.2 Å². The molecule has 10 nitrogen and oxygen atoms in total. The van der Waals surface area contributed by atoms with Gasteiger partial charge in [-0.05, 0) is 55.3 Å². The van der Waals surface area contributed by atoms with Gasteiger partial charge in [0.15, 0.2) is 5.65 Å². The Bertz CT molecular complexity index is 1880. The number of anilines is 1. The number of hydrogen-bond acceptors (Lipinski definition) is 7. The van der Waals surface area contributed by atoms with Crippen LogP contribution in [0.4, 0.5) is 10.2 Å². The third kappa shape index (κ3) is 7.85. The Morgan fingerprint density at radius 1 is 0.851 bits per heavy atom. The number of halogens is 1. The van der Waals surface area contributed by atoms with Gasteiger partial charge in [-0.15, -0.1) is 0 Å². The summed E-state index contributed by atoms with van der Waals surface area (Å²) in [5.41, 5.74) is 8.38. The largest absolute Gasteiger partial charge is 0.353 e. The maximum atomic E-state index is 15.0. The lowest BCUT2D eigenvalue weighted by atomic mass is 10.0. The van der Waals surface area contributed by atoms with Crippen molar-refractivity contribution in [3.63, 3.8) is 0 Å². The van der Waals surface area contributed by atoms with Crippen LogP contribution in [0.3, 0.4) is 0 Å². The number of pyridine rings is 1. The molecule has 1 saturated heterocycles. The number of carbonyl (C=O) groups excluding carboxylic acids is 1. The van der Waals surface area contributed by atoms with Gasteiger partial charge in [-0.1, -0.05) is 62.8 Å². The van der Waals surface area contributed by atoms with Crippen LogP contribution in [-0.4, -0.2) is 68.7 Å². The van der Waals surface area contributed by atoms with Gasteiger partial charge in [-0.25, -0.2) is 19.5 Å². The number of fused-ring (bicyclic) bond motifs is 2. The second kappa shape index (κ2) is 15.3. The highest BCUT2D eigenvalue weighted by atomic mass is 19.1. The number of nitrogens with one attached hydrogen (secondary N) is 2. The minimum atomic E-state index is -0.555. The number of aromatic amines is 2. The van der Waals surface area contributed by atoms with E-state index in [0.29, 0.717) is 49.3 Å². The van der Waals surface area contributed by atoms with Crippen LogP contribution < -0.4 is 16.2 Å². The number of aryl methyl sites for hydroxylation is 1. The normalized spacial score (nSPS) is 13.6. The first-order valence-electron chi connectivity index (χ1n) is 16.8. The summed E-state index contributed by atoms with van der Waals surface area (Å²) in [6.07, 6.45) is 11.1. The molecule has 0 spiro atoms. The zero-order valence-corrected chi connectivity index (χ0v) is 26.8. The number of imidazole rings is 1. The molecule has 5 aromatic rings. The van der Waals surface area contributed by atoms with Gasteiger partial charge in [0.1, 0.15) is 17.5 Å². The van der Waals surface area contributed by atoms with Crippen molar-refractivity contribution in [2.45, 2.75) is 64.2 Å². The van der Waals surface area contributed by atoms with E-state index in [-0.39, 0.29) is 17.0 Å². The van der Waals surface area contributed by atoms with Crippen LogP contribution in [0.5, 0.6) is 0 Å². The molecule has 3 aromatic heterocycles. The Hall–Kier alpha value is -4.64. The molecule has 2 aromatic carbocycles. The third-order valence-electron chi connectivity index (χ3n) is 9.05. The van der Waals surface area contributed by atoms with Crippen LogP contribution in [0.15, 0.2) is 59.4 Å². The Balaban J connectivity index is 1.02. The maximum absolute atomic E-state index is 15.0. The van der Waals surface area contributed by atoms with Crippen LogP contribution in [0, 0.1) is 5.82 Å². The molecule has 0 unspecified atom stereocenters. The molecule has 1 aliphatic heterocycles. The average molecular weight is 639 g/mol. The van der Waals surface area contributed by atoms with Gasteiger partial charge < -0.3 is 20.5 Å². The SMILES string of the molecule is NCCCCCCCCCCc1nc2nc(N3CCN(C(=O)c4cc(Cc5n[nH]c(=O)c6ccccc56)ccc4F)CC3)ccc2[nH]1. The number of piperazine rings is 1. The molecule has 1 fully saturated rings. The van der Waals surface area contributed by atoms with Crippen LogP contribution >= 0.6 is 0 Å². The molecular formula is C36H43FN8O2. The second-order valence-corrected chi connectivity index (χ2v) is 12.4. The van der Waals surface area contributed by atoms with Gasteiger partial charge >= 0.3 is 0 Å². The average Bonchev–Trinajstić information content (AvgIpc) is 3.51. The first-order chi connectivity index (χ1) is 23.0. The fourth-order valence-electron chi connectivity index (χ4n) is 6.38. The Morgan fingerprint density at radius 2 is 1.57 bits per heavy atom. The number of aromatic nitrogens is 5. The number of nitrogens with zero attached hydrogens (tertiary/aromatic N) is 5. The highest BCUT2D eigenvalue weighted by Crippen LogP contribution is 2.22. The Labute approximate surface area is 273 Å². The molecule has 4 heterocycles. The predicted octanol–water partition coefficient (Wildman–Crippen LogP) is 5.51. The molecule has 6 rings (SSSR count). The van der Waals surface area contributed by atoms with Crippen LogP contribution in [0.1, 0.15) is 78.8 Å². The van der Waals surface area contributed by atoms with Crippen LogP contribution in [0.2, 0.25) is 0 Å². The van der Waals surface area contributed by atoms with Gasteiger partial charge in [0.2, 0.25) is 0 Å². The van der Waals surface area contributed by atoms with E-state index < -0.39 is 5.82 Å². The highest BCUT2D eigenvalue weighted by Gasteiger charge is 2.25. The first kappa shape index (κ1) is 32.3. The van der Waals surface area contributed by atoms with E-state index in [4.69, 9.17) is 15.7 Å². The Kier molecular flexibility index (Phi) is 10.5. The smallest absolute Gasteiger partial charge is 0.272 e. The van der Waals surface area contributed by atoms with Gasteiger partial charge in [0, 0.05) is 44.4 Å². The van der Waals surface area contributed by atoms with Gasteiger partial charge in [-0.3, -0.25) is 9.59 Å². The molecule has 0 bridgehead atoms. The third-order valence-corrected chi connectivity index (χ3v) is 9.05. The quantitative estimate of drug-likeness (QED) is 0.137. The zero-order chi connectivity index (χ0) is 32.6. The van der Waals surface area contributed by atoms with E-state index >= 15 is 0 Å². The van der Waals surface area contributed by atoms with Gasteiger partial charge in [0.25, 0.3) is 11.5 Å². The topological polar surface area (TPSA) is 137 Å². The number of unbranched alkanes of at least 4 members (excludes halogenated alkanes) is 7. The maximum Gasteiger partial charge on any atom is 0.272 e. The number of hydrogen-bond donors (Lipinski definition) is 3. The van der Waals surface area contributed by atoms with Crippen molar-refractivity contribution in [2.75, 3.05) is 37.6 Å². The minimum absolute atomic E-state index is 0.0378. The molecule has 0 radical (unpaired) electrons. The molecule has 0 saturated carbocycles. The van der Waals surface area contributed by atoms with Crippen molar-refractivity contribution >= 4 is 33.7 Å².